The first kappa shape index (κ1) is 63.7. The first-order valence-electron chi connectivity index (χ1n) is 26.4. The molecule has 0 spiro atoms. The summed E-state index contributed by atoms with van der Waals surface area (Å²) in [4.78, 5) is 133. The number of amides is 9. The number of carbonyl (C=O) groups excluding carboxylic acids is 9. The van der Waals surface area contributed by atoms with E-state index in [0.29, 0.717) is 23.1 Å². The van der Waals surface area contributed by atoms with Crippen molar-refractivity contribution in [3.8, 4) is 5.75 Å². The molecule has 1 heterocycles. The lowest BCUT2D eigenvalue weighted by Crippen LogP contribution is -2.60. The number of primary amides is 2. The van der Waals surface area contributed by atoms with Gasteiger partial charge >= 0.3 is 0 Å². The van der Waals surface area contributed by atoms with Gasteiger partial charge in [0.1, 0.15) is 48.0 Å². The van der Waals surface area contributed by atoms with Gasteiger partial charge in [0.15, 0.2) is 11.9 Å². The number of hydrogen-bond donors (Lipinski definition) is 14. The van der Waals surface area contributed by atoms with Gasteiger partial charge in [-0.1, -0.05) is 86.6 Å². The summed E-state index contributed by atoms with van der Waals surface area (Å²) in [6.07, 6.45) is 0.290. The minimum absolute atomic E-state index is 0.0317. The van der Waals surface area contributed by atoms with Gasteiger partial charge in [-0.3, -0.25) is 53.1 Å². The van der Waals surface area contributed by atoms with E-state index in [4.69, 9.17) is 40.1 Å². The highest BCUT2D eigenvalue weighted by molar-refractivity contribution is 5.98. The van der Waals surface area contributed by atoms with Gasteiger partial charge in [0.25, 0.3) is 0 Å². The van der Waals surface area contributed by atoms with Gasteiger partial charge in [0.05, 0.1) is 12.5 Å². The number of rotatable bonds is 32. The molecule has 3 aromatic rings. The van der Waals surface area contributed by atoms with Gasteiger partial charge in [0.2, 0.25) is 53.2 Å². The molecule has 1 saturated heterocycles. The molecule has 3 aromatic carbocycles. The zero-order valence-corrected chi connectivity index (χ0v) is 45.2. The zero-order chi connectivity index (χ0) is 58.9. The van der Waals surface area contributed by atoms with Crippen molar-refractivity contribution in [2.45, 2.75) is 133 Å². The molecule has 26 heteroatoms. The first-order chi connectivity index (χ1) is 38.0. The van der Waals surface area contributed by atoms with Crippen molar-refractivity contribution in [1.82, 2.24) is 36.8 Å². The van der Waals surface area contributed by atoms with Gasteiger partial charge in [-0.05, 0) is 86.1 Å². The van der Waals surface area contributed by atoms with Crippen molar-refractivity contribution < 1.29 is 48.3 Å². The molecule has 21 N–H and O–H groups in total. The Bertz CT molecular complexity index is 2630. The van der Waals surface area contributed by atoms with Crippen molar-refractivity contribution in [3.63, 3.8) is 0 Å². The highest BCUT2D eigenvalue weighted by atomic mass is 16.3. The second-order valence-electron chi connectivity index (χ2n) is 20.0. The molecule has 0 saturated carbocycles. The summed E-state index contributed by atoms with van der Waals surface area (Å²) >= 11 is 0. The molecule has 8 atom stereocenters. The fourth-order valence-electron chi connectivity index (χ4n) is 8.90. The summed E-state index contributed by atoms with van der Waals surface area (Å²) in [7, 11) is 0. The summed E-state index contributed by atoms with van der Waals surface area (Å²) in [6, 6.07) is 13.7. The van der Waals surface area contributed by atoms with Crippen LogP contribution < -0.4 is 72.0 Å². The third-order valence-electron chi connectivity index (χ3n) is 12.9. The Morgan fingerprint density at radius 1 is 0.562 bits per heavy atom. The molecule has 0 unspecified atom stereocenters. The smallest absolute Gasteiger partial charge is 0.245 e. The monoisotopic (exact) mass is 1110 g/mol. The van der Waals surface area contributed by atoms with Crippen LogP contribution in [0.2, 0.25) is 0 Å². The average Bonchev–Trinajstić information content (AvgIpc) is 3.91. The Morgan fingerprint density at radius 3 is 1.51 bits per heavy atom. The van der Waals surface area contributed by atoms with Crippen molar-refractivity contribution in [3.05, 3.63) is 102 Å². The van der Waals surface area contributed by atoms with Gasteiger partial charge in [-0.25, -0.2) is 0 Å². The Hall–Kier alpha value is -8.81. The molecule has 0 aromatic heterocycles. The third kappa shape index (κ3) is 21.9. The van der Waals surface area contributed by atoms with E-state index in [1.165, 1.54) is 17.0 Å². The van der Waals surface area contributed by atoms with Crippen molar-refractivity contribution in [1.29, 1.82) is 0 Å². The van der Waals surface area contributed by atoms with E-state index in [9.17, 15) is 48.3 Å². The maximum absolute atomic E-state index is 14.8. The molecule has 0 radical (unpaired) electrons. The van der Waals surface area contributed by atoms with E-state index < -0.39 is 108 Å². The number of nitrogens with zero attached hydrogens (tertiary/aromatic N) is 3. The number of likely N-dealkylation sites (tertiary alicyclic amines) is 1. The van der Waals surface area contributed by atoms with Crippen LogP contribution in [0.15, 0.2) is 94.9 Å². The van der Waals surface area contributed by atoms with E-state index in [1.807, 2.05) is 13.8 Å². The molecule has 0 bridgehead atoms. The first-order valence-corrected chi connectivity index (χ1v) is 26.4. The van der Waals surface area contributed by atoms with E-state index in [2.05, 4.69) is 41.9 Å². The molecular weight excluding hydrogens is 1030 g/mol. The number of benzene rings is 3. The Kier molecular flexibility index (Phi) is 25.6. The number of aromatic hydroxyl groups is 1. The molecule has 26 nitrogen and oxygen atoms in total. The summed E-state index contributed by atoms with van der Waals surface area (Å²) in [5, 5.41) is 25.9. The van der Waals surface area contributed by atoms with Crippen molar-refractivity contribution >= 4 is 65.1 Å². The van der Waals surface area contributed by atoms with Crippen molar-refractivity contribution in [2.24, 2.45) is 56.0 Å². The number of phenolic OH excluding ortho intramolecular Hbond substituents is 1. The molecule has 4 rings (SSSR count). The lowest BCUT2D eigenvalue weighted by molar-refractivity contribution is -0.142. The maximum Gasteiger partial charge on any atom is 0.245 e. The van der Waals surface area contributed by atoms with E-state index >= 15 is 0 Å². The van der Waals surface area contributed by atoms with E-state index in [-0.39, 0.29) is 101 Å². The minimum Gasteiger partial charge on any atom is -0.508 e. The van der Waals surface area contributed by atoms with Crippen LogP contribution in [0.1, 0.15) is 81.9 Å². The van der Waals surface area contributed by atoms with Crippen LogP contribution >= 0.6 is 0 Å². The largest absolute Gasteiger partial charge is 0.508 e. The summed E-state index contributed by atoms with van der Waals surface area (Å²) in [5.41, 5.74) is 41.1. The Labute approximate surface area is 464 Å². The van der Waals surface area contributed by atoms with Crippen molar-refractivity contribution in [2.75, 3.05) is 19.6 Å². The molecule has 434 valence electrons. The predicted octanol–water partition coefficient (Wildman–Crippen LogP) is -2.84. The second kappa shape index (κ2) is 32.2. The predicted molar refractivity (Wildman–Crippen MR) is 299 cm³/mol. The standard InChI is InChI=1S/C54H78N16O10/c1-31(2)26-40(68-50(78)41(28-32-12-5-3-6-13-32)67-46(74)36(55)27-34-19-21-35(71)22-20-34)48(76)69-42(29-33-14-7-4-8-15-33)49(77)65-38(17-10-24-63-54(60)61)52(80)70-25-11-18-43(70)51(79)64-37(16-9-23-62-53(58)59)47(75)66-39(45(57)73)30-44(56)72/h3-8,12-15,19-22,31,36-43,71H,9-11,16-18,23-30,55H2,1-2H3,(H2,56,72)(H2,57,73)(H,64,79)(H,65,77)(H,66,75)(H,67,74)(H,68,78)(H,69,76)(H4,58,59,62)(H4,60,61,63)/t36-,37-,38-,39-,40-,41-,42-,43+/m0/s1. The summed E-state index contributed by atoms with van der Waals surface area (Å²) in [6.45, 7) is 3.86. The third-order valence-corrected chi connectivity index (χ3v) is 12.9. The fraction of sp³-hybridized carbons (Fsp3) is 0.463. The van der Waals surface area contributed by atoms with Crippen LogP contribution in [0.25, 0.3) is 0 Å². The van der Waals surface area contributed by atoms with Crippen LogP contribution in [0.3, 0.4) is 0 Å². The number of carbonyl (C=O) groups is 9. The fourth-order valence-corrected chi connectivity index (χ4v) is 8.90. The van der Waals surface area contributed by atoms with Crippen LogP contribution in [-0.4, -0.2) is 143 Å². The van der Waals surface area contributed by atoms with Crippen LogP contribution in [0.4, 0.5) is 0 Å². The lowest BCUT2D eigenvalue weighted by Gasteiger charge is -2.31. The van der Waals surface area contributed by atoms with E-state index in [0.717, 1.165) is 0 Å². The lowest BCUT2D eigenvalue weighted by atomic mass is 9.99. The number of phenols is 1. The normalized spacial score (nSPS) is 15.5. The van der Waals surface area contributed by atoms with Crippen LogP contribution in [-0.2, 0) is 62.4 Å². The Balaban J connectivity index is 1.61. The highest BCUT2D eigenvalue weighted by Crippen LogP contribution is 2.21. The number of guanidine groups is 2. The van der Waals surface area contributed by atoms with Gasteiger partial charge in [-0.15, -0.1) is 0 Å². The summed E-state index contributed by atoms with van der Waals surface area (Å²) in [5.74, 6) is -7.68. The zero-order valence-electron chi connectivity index (χ0n) is 45.2. The van der Waals surface area contributed by atoms with Crippen LogP contribution in [0.5, 0.6) is 5.75 Å². The molecule has 0 aliphatic carbocycles. The van der Waals surface area contributed by atoms with Crippen LogP contribution in [0, 0.1) is 5.92 Å². The number of aliphatic imine (C=N–C) groups is 2. The quantitative estimate of drug-likeness (QED) is 0.0170. The molecule has 1 aliphatic rings. The average molecular weight is 1110 g/mol. The number of hydrogen-bond acceptors (Lipinski definition) is 13. The molecule has 1 aliphatic heterocycles. The molecular formula is C54H78N16O10. The maximum atomic E-state index is 14.8. The highest BCUT2D eigenvalue weighted by Gasteiger charge is 2.40. The number of nitrogens with two attached hydrogens (primary N) is 7. The van der Waals surface area contributed by atoms with Gasteiger partial charge in [0, 0.05) is 32.5 Å². The van der Waals surface area contributed by atoms with Gasteiger partial charge in [-0.2, -0.15) is 0 Å². The SMILES string of the molecule is CC(C)C[C@H](NC(=O)[C@H](Cc1ccccc1)NC(=O)[C@@H](N)Cc1ccc(O)cc1)C(=O)N[C@@H](Cc1ccccc1)C(=O)N[C@@H](CCCN=C(N)N)C(=O)N1CCC[C@@H]1C(=O)N[C@@H](CCCN=C(N)N)C(=O)N[C@@H](CC(N)=O)C(N)=O. The van der Waals surface area contributed by atoms with Gasteiger partial charge < -0.3 is 82.0 Å². The molecule has 1 fully saturated rings. The Morgan fingerprint density at radius 2 is 1.01 bits per heavy atom. The molecule has 80 heavy (non-hydrogen) atoms. The molecule has 9 amide bonds. The summed E-state index contributed by atoms with van der Waals surface area (Å²) < 4.78 is 0. The second-order valence-corrected chi connectivity index (χ2v) is 20.0. The number of nitrogens with one attached hydrogen (secondary N) is 6. The minimum atomic E-state index is -1.49. The van der Waals surface area contributed by atoms with E-state index in [1.54, 1.807) is 72.8 Å². The topological polar surface area (TPSA) is 456 Å².